The van der Waals surface area contributed by atoms with Gasteiger partial charge in [-0.1, -0.05) is 0 Å². The van der Waals surface area contributed by atoms with Crippen LogP contribution in [0.5, 0.6) is 0 Å². The molecule has 118 valence electrons. The molecule has 0 radical (unpaired) electrons. The first-order valence-electron chi connectivity index (χ1n) is 6.86. The highest BCUT2D eigenvalue weighted by Gasteiger charge is 2.40. The van der Waals surface area contributed by atoms with Gasteiger partial charge in [-0.25, -0.2) is 18.0 Å². The van der Waals surface area contributed by atoms with Crippen LogP contribution in [0.3, 0.4) is 0 Å². The maximum Gasteiger partial charge on any atom is 0.410 e. The zero-order valence-corrected chi connectivity index (χ0v) is 11.4. The maximum atomic E-state index is 13.5. The van der Waals surface area contributed by atoms with E-state index in [1.807, 2.05) is 0 Å². The Balaban J connectivity index is 1.59. The molecule has 2 fully saturated rings. The number of rotatable bonds is 4. The van der Waals surface area contributed by atoms with E-state index in [-0.39, 0.29) is 12.6 Å². The molecule has 0 spiro atoms. The van der Waals surface area contributed by atoms with Crippen molar-refractivity contribution in [3.05, 3.63) is 35.1 Å². The lowest BCUT2D eigenvalue weighted by Gasteiger charge is -2.12. The number of nitrogens with zero attached hydrogens (tertiary/aromatic N) is 1. The fraction of sp³-hybridized carbons (Fsp3) is 0.429. The minimum Gasteiger partial charge on any atom is -0.442 e. The molecule has 0 aromatic heterocycles. The van der Waals surface area contributed by atoms with Crippen molar-refractivity contribution < 1.29 is 27.5 Å². The molecular formula is C14H13F3N2O3. The van der Waals surface area contributed by atoms with E-state index in [9.17, 15) is 22.8 Å². The second kappa shape index (κ2) is 5.51. The monoisotopic (exact) mass is 314 g/mol. The van der Waals surface area contributed by atoms with Crippen molar-refractivity contribution in [1.82, 2.24) is 10.2 Å². The topological polar surface area (TPSA) is 58.6 Å². The quantitative estimate of drug-likeness (QED) is 0.863. The van der Waals surface area contributed by atoms with Crippen molar-refractivity contribution in [1.29, 1.82) is 0 Å². The molecule has 1 aliphatic heterocycles. The lowest BCUT2D eigenvalue weighted by molar-refractivity contribution is 0.0909. The minimum absolute atomic E-state index is 0.0216. The highest BCUT2D eigenvalue weighted by atomic mass is 19.2. The second-order valence-electron chi connectivity index (χ2n) is 5.32. The molecule has 1 unspecified atom stereocenters. The Morgan fingerprint density at radius 3 is 2.68 bits per heavy atom. The number of hydrogen-bond acceptors (Lipinski definition) is 3. The van der Waals surface area contributed by atoms with E-state index in [2.05, 4.69) is 5.32 Å². The van der Waals surface area contributed by atoms with Gasteiger partial charge in [0.05, 0.1) is 18.7 Å². The van der Waals surface area contributed by atoms with Crippen molar-refractivity contribution in [3.8, 4) is 0 Å². The zero-order valence-electron chi connectivity index (χ0n) is 11.4. The zero-order chi connectivity index (χ0) is 15.9. The molecule has 2 aliphatic rings. The van der Waals surface area contributed by atoms with Gasteiger partial charge in [0.1, 0.15) is 6.10 Å². The summed E-state index contributed by atoms with van der Waals surface area (Å²) in [7, 11) is 0. The van der Waals surface area contributed by atoms with E-state index < -0.39 is 41.1 Å². The fourth-order valence-electron chi connectivity index (χ4n) is 2.34. The smallest absolute Gasteiger partial charge is 0.410 e. The van der Waals surface area contributed by atoms with Gasteiger partial charge in [-0.05, 0) is 25.0 Å². The Morgan fingerprint density at radius 2 is 2.00 bits per heavy atom. The van der Waals surface area contributed by atoms with Crippen molar-refractivity contribution >= 4 is 12.0 Å². The van der Waals surface area contributed by atoms with Gasteiger partial charge in [0.25, 0.3) is 5.91 Å². The number of ether oxygens (including phenoxy) is 1. The maximum absolute atomic E-state index is 13.5. The van der Waals surface area contributed by atoms with Gasteiger partial charge in [0, 0.05) is 6.04 Å². The Kier molecular flexibility index (Phi) is 3.67. The van der Waals surface area contributed by atoms with Gasteiger partial charge in [-0.15, -0.1) is 0 Å². The van der Waals surface area contributed by atoms with Crippen LogP contribution in [0.2, 0.25) is 0 Å². The van der Waals surface area contributed by atoms with Gasteiger partial charge in [-0.3, -0.25) is 4.79 Å². The van der Waals surface area contributed by atoms with Gasteiger partial charge in [0.15, 0.2) is 17.5 Å². The summed E-state index contributed by atoms with van der Waals surface area (Å²) in [6.07, 6.45) is 0.911. The predicted molar refractivity (Wildman–Crippen MR) is 68.6 cm³/mol. The number of carbonyl (C=O) groups is 2. The molecule has 1 aliphatic carbocycles. The van der Waals surface area contributed by atoms with Gasteiger partial charge in [0.2, 0.25) is 0 Å². The van der Waals surface area contributed by atoms with E-state index in [1.165, 1.54) is 0 Å². The predicted octanol–water partition coefficient (Wildman–Crippen LogP) is 1.82. The third kappa shape index (κ3) is 2.72. The van der Waals surface area contributed by atoms with Gasteiger partial charge >= 0.3 is 6.09 Å². The summed E-state index contributed by atoms with van der Waals surface area (Å²) >= 11 is 0. The van der Waals surface area contributed by atoms with E-state index in [1.54, 1.807) is 4.90 Å². The first kappa shape index (κ1) is 14.7. The van der Waals surface area contributed by atoms with Crippen LogP contribution in [0.1, 0.15) is 23.2 Å². The fourth-order valence-corrected chi connectivity index (χ4v) is 2.34. The summed E-state index contributed by atoms with van der Waals surface area (Å²) in [5.74, 6) is -5.49. The number of hydrogen-bond donors (Lipinski definition) is 1. The third-order valence-electron chi connectivity index (χ3n) is 3.66. The number of benzene rings is 1. The summed E-state index contributed by atoms with van der Waals surface area (Å²) in [5, 5.41) is 2.36. The van der Waals surface area contributed by atoms with Crippen LogP contribution in [0, 0.1) is 17.5 Å². The first-order chi connectivity index (χ1) is 10.5. The number of amides is 2. The van der Waals surface area contributed by atoms with Gasteiger partial charge in [-0.2, -0.15) is 0 Å². The molecule has 1 heterocycles. The molecule has 3 rings (SSSR count). The van der Waals surface area contributed by atoms with Crippen LogP contribution in [-0.4, -0.2) is 42.1 Å². The number of nitrogens with one attached hydrogen (secondary N) is 1. The average Bonchev–Trinajstić information content (AvgIpc) is 3.26. The third-order valence-corrected chi connectivity index (χ3v) is 3.66. The Hall–Kier alpha value is -2.25. The molecule has 5 nitrogen and oxygen atoms in total. The highest BCUT2D eigenvalue weighted by Crippen LogP contribution is 2.30. The van der Waals surface area contributed by atoms with Crippen LogP contribution in [0.25, 0.3) is 0 Å². The van der Waals surface area contributed by atoms with E-state index in [4.69, 9.17) is 4.74 Å². The second-order valence-corrected chi connectivity index (χ2v) is 5.32. The van der Waals surface area contributed by atoms with Gasteiger partial charge < -0.3 is 15.0 Å². The van der Waals surface area contributed by atoms with Crippen LogP contribution in [0.4, 0.5) is 18.0 Å². The molecule has 1 aromatic rings. The normalized spacial score (nSPS) is 21.0. The Labute approximate surface area is 124 Å². The largest absolute Gasteiger partial charge is 0.442 e. The number of halogens is 3. The summed E-state index contributed by atoms with van der Waals surface area (Å²) in [5.41, 5.74) is -0.595. The van der Waals surface area contributed by atoms with Crippen LogP contribution >= 0.6 is 0 Å². The van der Waals surface area contributed by atoms with Crippen molar-refractivity contribution in [2.75, 3.05) is 13.1 Å². The summed E-state index contributed by atoms with van der Waals surface area (Å²) in [4.78, 5) is 24.9. The van der Waals surface area contributed by atoms with Crippen molar-refractivity contribution in [2.24, 2.45) is 0 Å². The Morgan fingerprint density at radius 1 is 1.27 bits per heavy atom. The summed E-state index contributed by atoms with van der Waals surface area (Å²) in [6.45, 7) is 0.330. The lowest BCUT2D eigenvalue weighted by atomic mass is 10.2. The molecule has 1 saturated heterocycles. The molecule has 8 heteroatoms. The lowest BCUT2D eigenvalue weighted by Crippen LogP contribution is -2.35. The molecule has 1 saturated carbocycles. The molecule has 22 heavy (non-hydrogen) atoms. The highest BCUT2D eigenvalue weighted by molar-refractivity contribution is 5.94. The van der Waals surface area contributed by atoms with Crippen LogP contribution in [0.15, 0.2) is 12.1 Å². The average molecular weight is 314 g/mol. The standard InChI is InChI=1S/C14H13F3N2O3/c15-10-4-3-9(11(16)12(10)17)13(20)18-5-8-6-19(7-1-2-7)14(21)22-8/h3-4,7-8H,1-2,5-6H2,(H,18,20). The van der Waals surface area contributed by atoms with E-state index >= 15 is 0 Å². The minimum atomic E-state index is -1.69. The van der Waals surface area contributed by atoms with Crippen molar-refractivity contribution in [2.45, 2.75) is 25.0 Å². The van der Waals surface area contributed by atoms with Crippen LogP contribution in [-0.2, 0) is 4.74 Å². The SMILES string of the molecule is O=C(NCC1CN(C2CC2)C(=O)O1)c1ccc(F)c(F)c1F. The molecular weight excluding hydrogens is 301 g/mol. The molecule has 1 aromatic carbocycles. The summed E-state index contributed by atoms with van der Waals surface area (Å²) < 4.78 is 44.5. The molecule has 0 bridgehead atoms. The number of carbonyl (C=O) groups excluding carboxylic acids is 2. The van der Waals surface area contributed by atoms with Crippen LogP contribution < -0.4 is 5.32 Å². The number of cyclic esters (lactones) is 1. The molecule has 2 amide bonds. The van der Waals surface area contributed by atoms with E-state index in [0.717, 1.165) is 18.9 Å². The first-order valence-corrected chi connectivity index (χ1v) is 6.86. The molecule has 1 atom stereocenters. The molecule has 1 N–H and O–H groups in total. The van der Waals surface area contributed by atoms with Crippen molar-refractivity contribution in [3.63, 3.8) is 0 Å². The summed E-state index contributed by atoms with van der Waals surface area (Å²) in [6, 6.07) is 1.75. The van der Waals surface area contributed by atoms with E-state index in [0.29, 0.717) is 12.6 Å². The Bertz CT molecular complexity index is 634.